The Labute approximate surface area is 152 Å². The second-order valence-electron chi connectivity index (χ2n) is 6.10. The molecule has 0 aromatic heterocycles. The van der Waals surface area contributed by atoms with Crippen LogP contribution in [-0.2, 0) is 28.6 Å². The molecular formula is C17H36N2O6. The summed E-state index contributed by atoms with van der Waals surface area (Å²) < 4.78 is 15.6. The lowest BCUT2D eigenvalue weighted by Gasteiger charge is -2.09. The highest BCUT2D eigenvalue weighted by Crippen LogP contribution is 1.94. The quantitative estimate of drug-likeness (QED) is 0.416. The van der Waals surface area contributed by atoms with E-state index in [1.807, 2.05) is 27.7 Å². The fourth-order valence-electron chi connectivity index (χ4n) is 1.56. The maximum Gasteiger partial charge on any atom is 0.246 e. The van der Waals surface area contributed by atoms with E-state index < -0.39 is 0 Å². The SMILES string of the molecule is CC(C)OCCC(=O)NCCOCC(=O)NCCOCC(=O)C(C)C.[HH].[HH]. The topological polar surface area (TPSA) is 103 Å². The van der Waals surface area contributed by atoms with Gasteiger partial charge in [-0.25, -0.2) is 0 Å². The molecule has 0 aliphatic carbocycles. The van der Waals surface area contributed by atoms with Crippen LogP contribution in [-0.4, -0.2) is 69.8 Å². The van der Waals surface area contributed by atoms with Crippen LogP contribution in [0.2, 0.25) is 0 Å². The van der Waals surface area contributed by atoms with Gasteiger partial charge in [-0.05, 0) is 13.8 Å². The molecule has 0 radical (unpaired) electrons. The number of nitrogens with one attached hydrogen (secondary N) is 2. The fraction of sp³-hybridized carbons (Fsp3) is 0.824. The minimum Gasteiger partial charge on any atom is -0.378 e. The molecule has 25 heavy (non-hydrogen) atoms. The number of amides is 2. The molecule has 0 bridgehead atoms. The van der Waals surface area contributed by atoms with Gasteiger partial charge in [-0.2, -0.15) is 0 Å². The van der Waals surface area contributed by atoms with Crippen LogP contribution in [0.1, 0.15) is 37.0 Å². The molecular weight excluding hydrogens is 328 g/mol. The molecule has 0 heterocycles. The van der Waals surface area contributed by atoms with Crippen molar-refractivity contribution in [2.75, 3.05) is 46.1 Å². The molecule has 0 aromatic carbocycles. The van der Waals surface area contributed by atoms with Crippen molar-refractivity contribution in [2.45, 2.75) is 40.2 Å². The molecule has 8 heteroatoms. The number of ether oxygens (including phenoxy) is 3. The van der Waals surface area contributed by atoms with Gasteiger partial charge in [0.15, 0.2) is 5.78 Å². The predicted molar refractivity (Wildman–Crippen MR) is 97.4 cm³/mol. The fourth-order valence-corrected chi connectivity index (χ4v) is 1.56. The number of carbonyl (C=O) groups excluding carboxylic acids is 3. The summed E-state index contributed by atoms with van der Waals surface area (Å²) in [4.78, 5) is 34.2. The van der Waals surface area contributed by atoms with Crippen molar-refractivity contribution < 1.29 is 31.4 Å². The van der Waals surface area contributed by atoms with Crippen molar-refractivity contribution >= 4 is 17.6 Å². The molecule has 150 valence electrons. The molecule has 0 fully saturated rings. The first-order valence-electron chi connectivity index (χ1n) is 8.66. The average Bonchev–Trinajstić information content (AvgIpc) is 2.53. The number of rotatable bonds is 15. The summed E-state index contributed by atoms with van der Waals surface area (Å²) in [5.74, 6) is -0.393. The van der Waals surface area contributed by atoms with Crippen molar-refractivity contribution in [3.8, 4) is 0 Å². The summed E-state index contributed by atoms with van der Waals surface area (Å²) in [5, 5.41) is 5.30. The monoisotopic (exact) mass is 364 g/mol. The van der Waals surface area contributed by atoms with Crippen molar-refractivity contribution in [3.05, 3.63) is 0 Å². The Morgan fingerprint density at radius 1 is 0.840 bits per heavy atom. The summed E-state index contributed by atoms with van der Waals surface area (Å²) in [6.07, 6.45) is 0.411. The summed E-state index contributed by atoms with van der Waals surface area (Å²) in [6.45, 7) is 9.00. The molecule has 2 N–H and O–H groups in total. The largest absolute Gasteiger partial charge is 0.378 e. The van der Waals surface area contributed by atoms with Gasteiger partial charge in [-0.1, -0.05) is 13.8 Å². The van der Waals surface area contributed by atoms with Gasteiger partial charge in [0.05, 0.1) is 25.9 Å². The van der Waals surface area contributed by atoms with Crippen LogP contribution in [0.3, 0.4) is 0 Å². The van der Waals surface area contributed by atoms with E-state index in [0.717, 1.165) is 0 Å². The first-order valence-corrected chi connectivity index (χ1v) is 8.66. The zero-order chi connectivity index (χ0) is 19.1. The summed E-state index contributed by atoms with van der Waals surface area (Å²) in [6, 6.07) is 0. The van der Waals surface area contributed by atoms with Crippen LogP contribution < -0.4 is 10.6 Å². The van der Waals surface area contributed by atoms with Gasteiger partial charge < -0.3 is 24.8 Å². The van der Waals surface area contributed by atoms with E-state index in [9.17, 15) is 14.4 Å². The molecule has 0 aromatic rings. The van der Waals surface area contributed by atoms with Gasteiger partial charge in [0.25, 0.3) is 0 Å². The van der Waals surface area contributed by atoms with Gasteiger partial charge in [-0.15, -0.1) is 0 Å². The lowest BCUT2D eigenvalue weighted by Crippen LogP contribution is -2.33. The molecule has 0 aliphatic rings. The summed E-state index contributed by atoms with van der Waals surface area (Å²) >= 11 is 0. The van der Waals surface area contributed by atoms with E-state index in [0.29, 0.717) is 26.1 Å². The summed E-state index contributed by atoms with van der Waals surface area (Å²) in [5.41, 5.74) is 0. The van der Waals surface area contributed by atoms with E-state index in [1.54, 1.807) is 0 Å². The van der Waals surface area contributed by atoms with Crippen molar-refractivity contribution in [1.82, 2.24) is 10.6 Å². The molecule has 8 nitrogen and oxygen atoms in total. The lowest BCUT2D eigenvalue weighted by atomic mass is 10.1. The molecule has 0 aliphatic heterocycles. The normalized spacial score (nSPS) is 11.0. The second kappa shape index (κ2) is 14.8. The van der Waals surface area contributed by atoms with Crippen LogP contribution in [0, 0.1) is 5.92 Å². The molecule has 2 amide bonds. The third-order valence-electron chi connectivity index (χ3n) is 3.04. The van der Waals surface area contributed by atoms with Crippen LogP contribution in [0.25, 0.3) is 0 Å². The standard InChI is InChI=1S/C17H32N2O6.2H2/c1-13(2)15(20)11-23-9-7-19-17(22)12-24-10-6-18-16(21)5-8-25-14(3)4;;/h13-14H,5-12H2,1-4H3,(H,18,21)(H,19,22);2*1H. The first-order chi connectivity index (χ1) is 11.8. The van der Waals surface area contributed by atoms with Crippen molar-refractivity contribution in [2.24, 2.45) is 5.92 Å². The Balaban J connectivity index is -0.00000288. The van der Waals surface area contributed by atoms with E-state index in [2.05, 4.69) is 10.6 Å². The second-order valence-corrected chi connectivity index (χ2v) is 6.10. The van der Waals surface area contributed by atoms with Crippen LogP contribution >= 0.6 is 0 Å². The van der Waals surface area contributed by atoms with E-state index in [-0.39, 0.29) is 58.9 Å². The number of hydrogen-bond acceptors (Lipinski definition) is 6. The van der Waals surface area contributed by atoms with Gasteiger partial charge in [0.1, 0.15) is 13.2 Å². The third kappa shape index (κ3) is 15.7. The smallest absolute Gasteiger partial charge is 0.246 e. The van der Waals surface area contributed by atoms with Gasteiger partial charge in [0, 0.05) is 28.3 Å². The minimum absolute atomic E-state index is 0. The highest BCUT2D eigenvalue weighted by Gasteiger charge is 2.07. The number of Topliss-reactive ketones (excluding diaryl/α,β-unsaturated/α-hetero) is 1. The molecule has 0 atom stereocenters. The Hall–Kier alpha value is -1.51. The molecule has 0 rings (SSSR count). The number of hydrogen-bond donors (Lipinski definition) is 2. The molecule has 0 saturated carbocycles. The molecule has 0 unspecified atom stereocenters. The third-order valence-corrected chi connectivity index (χ3v) is 3.04. The number of ketones is 1. The highest BCUT2D eigenvalue weighted by molar-refractivity contribution is 5.81. The highest BCUT2D eigenvalue weighted by atomic mass is 16.5. The summed E-state index contributed by atoms with van der Waals surface area (Å²) in [7, 11) is 0. The van der Waals surface area contributed by atoms with Crippen LogP contribution in [0.4, 0.5) is 0 Å². The van der Waals surface area contributed by atoms with Gasteiger partial charge in [0.2, 0.25) is 11.8 Å². The van der Waals surface area contributed by atoms with E-state index >= 15 is 0 Å². The zero-order valence-corrected chi connectivity index (χ0v) is 15.8. The van der Waals surface area contributed by atoms with Gasteiger partial charge in [-0.3, -0.25) is 14.4 Å². The zero-order valence-electron chi connectivity index (χ0n) is 15.8. The van der Waals surface area contributed by atoms with Crippen molar-refractivity contribution in [3.63, 3.8) is 0 Å². The predicted octanol–water partition coefficient (Wildman–Crippen LogP) is 0.784. The molecule has 0 saturated heterocycles. The minimum atomic E-state index is -0.268. The van der Waals surface area contributed by atoms with Crippen molar-refractivity contribution in [1.29, 1.82) is 0 Å². The molecule has 0 spiro atoms. The van der Waals surface area contributed by atoms with E-state index in [1.165, 1.54) is 0 Å². The first kappa shape index (κ1) is 23.5. The Morgan fingerprint density at radius 3 is 1.96 bits per heavy atom. The Morgan fingerprint density at radius 2 is 1.40 bits per heavy atom. The Kier molecular flexibility index (Phi) is 13.9. The van der Waals surface area contributed by atoms with E-state index in [4.69, 9.17) is 14.2 Å². The average molecular weight is 364 g/mol. The maximum atomic E-state index is 11.5. The van der Waals surface area contributed by atoms with Gasteiger partial charge >= 0.3 is 0 Å². The maximum absolute atomic E-state index is 11.5. The Bertz CT molecular complexity index is 409. The van der Waals surface area contributed by atoms with Crippen LogP contribution in [0.5, 0.6) is 0 Å². The van der Waals surface area contributed by atoms with Crippen LogP contribution in [0.15, 0.2) is 0 Å². The lowest BCUT2D eigenvalue weighted by molar-refractivity contribution is -0.127. The number of carbonyl (C=O) groups is 3.